The highest BCUT2D eigenvalue weighted by molar-refractivity contribution is 7.98. The average Bonchev–Trinajstić information content (AvgIpc) is 2.80. The van der Waals surface area contributed by atoms with Crippen LogP contribution in [0.5, 0.6) is 0 Å². The Morgan fingerprint density at radius 2 is 1.79 bits per heavy atom. The molecule has 3 atom stereocenters. The molecule has 0 aliphatic carbocycles. The van der Waals surface area contributed by atoms with E-state index < -0.39 is 24.0 Å². The van der Waals surface area contributed by atoms with Gasteiger partial charge < -0.3 is 26.8 Å². The second-order valence-electron chi connectivity index (χ2n) is 8.45. The summed E-state index contributed by atoms with van der Waals surface area (Å²) in [5, 5.41) is 19.8. The number of carboxylic acids is 1. The summed E-state index contributed by atoms with van der Waals surface area (Å²) in [6.07, 6.45) is 2.17. The second kappa shape index (κ2) is 13.6. The van der Waals surface area contributed by atoms with Crippen molar-refractivity contribution in [3.63, 3.8) is 0 Å². The standard InChI is InChI=1S/C24H34N4O4S2/c1-14(2)21(26-12-17(25)13-33)23(30)28-20-11-16-7-5-4-6-15(16)10-18(20)22(29)27-19(24(31)32)8-9-34-3/h4-7,10-11,14,17,19,21,26,33H,8-9,12-13,25H2,1-3H3,(H,27,29)(H,28,30)(H,31,32)/t17-,19-,21+/m1/s1. The summed E-state index contributed by atoms with van der Waals surface area (Å²) in [6.45, 7) is 4.25. The minimum absolute atomic E-state index is 0.0345. The molecule has 0 unspecified atom stereocenters. The van der Waals surface area contributed by atoms with Crippen LogP contribution in [0.2, 0.25) is 0 Å². The lowest BCUT2D eigenvalue weighted by atomic mass is 10.0. The van der Waals surface area contributed by atoms with Crippen LogP contribution in [0.3, 0.4) is 0 Å². The van der Waals surface area contributed by atoms with E-state index in [0.29, 0.717) is 30.2 Å². The van der Waals surface area contributed by atoms with Gasteiger partial charge in [0, 0.05) is 18.3 Å². The third kappa shape index (κ3) is 7.90. The highest BCUT2D eigenvalue weighted by atomic mass is 32.2. The van der Waals surface area contributed by atoms with Crippen LogP contribution in [0, 0.1) is 5.92 Å². The molecule has 10 heteroatoms. The molecule has 0 aliphatic rings. The highest BCUT2D eigenvalue weighted by Gasteiger charge is 2.26. The second-order valence-corrected chi connectivity index (χ2v) is 9.80. The van der Waals surface area contributed by atoms with Crippen molar-refractivity contribution in [1.82, 2.24) is 10.6 Å². The Hall–Kier alpha value is -2.27. The maximum absolute atomic E-state index is 13.2. The van der Waals surface area contributed by atoms with Gasteiger partial charge in [0.1, 0.15) is 6.04 Å². The molecule has 8 nitrogen and oxygen atoms in total. The zero-order valence-corrected chi connectivity index (χ0v) is 21.4. The van der Waals surface area contributed by atoms with Crippen LogP contribution < -0.4 is 21.7 Å². The number of thiol groups is 1. The summed E-state index contributed by atoms with van der Waals surface area (Å²) in [5.41, 5.74) is 6.46. The van der Waals surface area contributed by atoms with E-state index in [1.54, 1.807) is 12.1 Å². The van der Waals surface area contributed by atoms with E-state index >= 15 is 0 Å². The van der Waals surface area contributed by atoms with Gasteiger partial charge >= 0.3 is 5.97 Å². The van der Waals surface area contributed by atoms with Crippen LogP contribution in [0.15, 0.2) is 36.4 Å². The lowest BCUT2D eigenvalue weighted by Crippen LogP contribution is -2.49. The van der Waals surface area contributed by atoms with Gasteiger partial charge in [-0.05, 0) is 47.3 Å². The van der Waals surface area contributed by atoms with Crippen molar-refractivity contribution in [3.8, 4) is 0 Å². The number of fused-ring (bicyclic) bond motifs is 1. The summed E-state index contributed by atoms with van der Waals surface area (Å²) in [4.78, 5) is 38.0. The molecule has 186 valence electrons. The van der Waals surface area contributed by atoms with Crippen LogP contribution in [-0.4, -0.2) is 65.3 Å². The smallest absolute Gasteiger partial charge is 0.326 e. The molecule has 0 spiro atoms. The SMILES string of the molecule is CSCC[C@@H](NC(=O)c1cc2ccccc2cc1NC(=O)[C@@H](NC[C@@H](N)CS)C(C)C)C(=O)O. The molecule has 0 heterocycles. The van der Waals surface area contributed by atoms with Gasteiger partial charge in [-0.2, -0.15) is 24.4 Å². The number of nitrogens with one attached hydrogen (secondary N) is 3. The molecule has 0 radical (unpaired) electrons. The van der Waals surface area contributed by atoms with Crippen molar-refractivity contribution in [2.24, 2.45) is 11.7 Å². The number of amides is 2. The number of carbonyl (C=O) groups excluding carboxylic acids is 2. The zero-order valence-electron chi connectivity index (χ0n) is 19.7. The predicted octanol–water partition coefficient (Wildman–Crippen LogP) is 2.59. The Morgan fingerprint density at radius 1 is 1.15 bits per heavy atom. The minimum atomic E-state index is -1.10. The maximum atomic E-state index is 13.2. The van der Waals surface area contributed by atoms with E-state index in [-0.39, 0.29) is 23.4 Å². The molecular formula is C24H34N4O4S2. The molecule has 0 bridgehead atoms. The normalized spacial score (nSPS) is 13.9. The molecule has 0 saturated carbocycles. The van der Waals surface area contributed by atoms with Crippen molar-refractivity contribution in [3.05, 3.63) is 42.0 Å². The Labute approximate surface area is 210 Å². The fraction of sp³-hybridized carbons (Fsp3) is 0.458. The lowest BCUT2D eigenvalue weighted by Gasteiger charge is -2.24. The Balaban J connectivity index is 2.36. The molecule has 6 N–H and O–H groups in total. The van der Waals surface area contributed by atoms with E-state index in [9.17, 15) is 19.5 Å². The van der Waals surface area contributed by atoms with Gasteiger partial charge in [-0.25, -0.2) is 4.79 Å². The van der Waals surface area contributed by atoms with Crippen molar-refractivity contribution >= 4 is 58.6 Å². The molecule has 2 aromatic carbocycles. The van der Waals surface area contributed by atoms with E-state index in [2.05, 4.69) is 28.6 Å². The lowest BCUT2D eigenvalue weighted by molar-refractivity contribution is -0.139. The van der Waals surface area contributed by atoms with E-state index in [4.69, 9.17) is 5.73 Å². The largest absolute Gasteiger partial charge is 0.480 e. The molecule has 2 amide bonds. The monoisotopic (exact) mass is 506 g/mol. The molecule has 0 aromatic heterocycles. The molecule has 0 saturated heterocycles. The third-order valence-electron chi connectivity index (χ3n) is 5.39. The van der Waals surface area contributed by atoms with Gasteiger partial charge in [-0.15, -0.1) is 0 Å². The fourth-order valence-electron chi connectivity index (χ4n) is 3.45. The number of aliphatic carboxylic acids is 1. The molecule has 0 aliphatic heterocycles. The topological polar surface area (TPSA) is 134 Å². The Kier molecular flexibility index (Phi) is 11.2. The van der Waals surface area contributed by atoms with Crippen LogP contribution in [0.4, 0.5) is 5.69 Å². The first-order valence-corrected chi connectivity index (χ1v) is 13.2. The summed E-state index contributed by atoms with van der Waals surface area (Å²) in [7, 11) is 0. The van der Waals surface area contributed by atoms with Crippen LogP contribution >= 0.6 is 24.4 Å². The average molecular weight is 507 g/mol. The molecular weight excluding hydrogens is 472 g/mol. The summed E-state index contributed by atoms with van der Waals surface area (Å²) in [5.74, 6) is -0.917. The van der Waals surface area contributed by atoms with Crippen LogP contribution in [-0.2, 0) is 9.59 Å². The Morgan fingerprint density at radius 3 is 2.35 bits per heavy atom. The van der Waals surface area contributed by atoms with Crippen LogP contribution in [0.1, 0.15) is 30.6 Å². The summed E-state index contributed by atoms with van der Waals surface area (Å²) >= 11 is 5.69. The van der Waals surface area contributed by atoms with Crippen molar-refractivity contribution in [2.75, 3.05) is 29.6 Å². The van der Waals surface area contributed by atoms with Crippen LogP contribution in [0.25, 0.3) is 10.8 Å². The van der Waals surface area contributed by atoms with Crippen molar-refractivity contribution in [1.29, 1.82) is 0 Å². The van der Waals surface area contributed by atoms with Crippen molar-refractivity contribution < 1.29 is 19.5 Å². The van der Waals surface area contributed by atoms with E-state index in [1.807, 2.05) is 44.4 Å². The van der Waals surface area contributed by atoms with Gasteiger partial charge in [0.05, 0.1) is 17.3 Å². The molecule has 2 rings (SSSR count). The van der Waals surface area contributed by atoms with Crippen molar-refractivity contribution in [2.45, 2.75) is 38.4 Å². The van der Waals surface area contributed by atoms with Gasteiger partial charge in [-0.1, -0.05) is 38.1 Å². The number of thioether (sulfide) groups is 1. The fourth-order valence-corrected chi connectivity index (χ4v) is 4.05. The number of carbonyl (C=O) groups is 3. The molecule has 0 fully saturated rings. The molecule has 2 aromatic rings. The first-order valence-electron chi connectivity index (χ1n) is 11.1. The van der Waals surface area contributed by atoms with E-state index in [1.165, 1.54) is 11.8 Å². The third-order valence-corrected chi connectivity index (χ3v) is 6.50. The number of benzene rings is 2. The number of hydrogen-bond acceptors (Lipinski definition) is 7. The number of anilines is 1. The number of nitrogens with two attached hydrogens (primary N) is 1. The maximum Gasteiger partial charge on any atom is 0.326 e. The first-order chi connectivity index (χ1) is 16.2. The molecule has 34 heavy (non-hydrogen) atoms. The van der Waals surface area contributed by atoms with Gasteiger partial charge in [0.15, 0.2) is 0 Å². The first kappa shape index (κ1) is 28.0. The predicted molar refractivity (Wildman–Crippen MR) is 143 cm³/mol. The van der Waals surface area contributed by atoms with E-state index in [0.717, 1.165) is 10.8 Å². The van der Waals surface area contributed by atoms with Gasteiger partial charge in [-0.3, -0.25) is 9.59 Å². The highest BCUT2D eigenvalue weighted by Crippen LogP contribution is 2.25. The summed E-state index contributed by atoms with van der Waals surface area (Å²) < 4.78 is 0. The minimum Gasteiger partial charge on any atom is -0.480 e. The quantitative estimate of drug-likeness (QED) is 0.230. The Bertz CT molecular complexity index is 1000. The number of hydrogen-bond donors (Lipinski definition) is 6. The number of carboxylic acid groups (broad SMARTS) is 1. The van der Waals surface area contributed by atoms with Gasteiger partial charge in [0.2, 0.25) is 5.91 Å². The van der Waals surface area contributed by atoms with Gasteiger partial charge in [0.25, 0.3) is 5.91 Å². The zero-order chi connectivity index (χ0) is 25.3. The number of rotatable bonds is 13. The summed E-state index contributed by atoms with van der Waals surface area (Å²) in [6, 6.07) is 9.10.